The van der Waals surface area contributed by atoms with Gasteiger partial charge in [0.25, 0.3) is 10.1 Å². The lowest BCUT2D eigenvalue weighted by atomic mass is 10.00. The number of unbranched alkanes of at least 4 members (excludes halogenated alkanes) is 34. The van der Waals surface area contributed by atoms with E-state index < -0.39 is 71.2 Å². The summed E-state index contributed by atoms with van der Waals surface area (Å²) in [5, 5.41) is 31.0. The van der Waals surface area contributed by atoms with Crippen LogP contribution in [0.2, 0.25) is 0 Å². The van der Waals surface area contributed by atoms with Crippen LogP contribution < -0.4 is 0 Å². The number of aliphatic hydroxyl groups is 3. The molecule has 12 nitrogen and oxygen atoms in total. The van der Waals surface area contributed by atoms with Gasteiger partial charge in [-0.1, -0.05) is 225 Å². The molecular weight excluding hydrogens is 873 g/mol. The maximum atomic E-state index is 12.9. The van der Waals surface area contributed by atoms with E-state index in [0.29, 0.717) is 12.8 Å². The first-order chi connectivity index (χ1) is 32.5. The average molecular weight is 975 g/mol. The van der Waals surface area contributed by atoms with E-state index in [2.05, 4.69) is 26.0 Å². The summed E-state index contributed by atoms with van der Waals surface area (Å²) in [6.07, 6.45) is 41.1. The van der Waals surface area contributed by atoms with E-state index >= 15 is 0 Å². The van der Waals surface area contributed by atoms with Crippen molar-refractivity contribution >= 4 is 22.1 Å². The Balaban J connectivity index is 2.32. The van der Waals surface area contributed by atoms with E-state index in [1.54, 1.807) is 0 Å². The number of carbonyl (C=O) groups is 2. The molecule has 0 saturated carbocycles. The highest BCUT2D eigenvalue weighted by molar-refractivity contribution is 7.85. The van der Waals surface area contributed by atoms with Crippen molar-refractivity contribution in [3.63, 3.8) is 0 Å². The number of esters is 2. The fraction of sp³-hybridized carbons (Fsp3) is 0.926. The van der Waals surface area contributed by atoms with Crippen LogP contribution in [0.4, 0.5) is 0 Å². The molecule has 0 bridgehead atoms. The first kappa shape index (κ1) is 63.4. The Morgan fingerprint density at radius 3 is 1.24 bits per heavy atom. The van der Waals surface area contributed by atoms with E-state index in [4.69, 9.17) is 18.9 Å². The van der Waals surface area contributed by atoms with Crippen LogP contribution in [0.25, 0.3) is 0 Å². The van der Waals surface area contributed by atoms with E-state index in [1.807, 2.05) is 0 Å². The molecule has 4 N–H and O–H groups in total. The summed E-state index contributed by atoms with van der Waals surface area (Å²) in [6.45, 7) is 3.82. The Hall–Kier alpha value is -1.61. The van der Waals surface area contributed by atoms with Crippen LogP contribution in [0.15, 0.2) is 12.2 Å². The highest BCUT2D eigenvalue weighted by Crippen LogP contribution is 2.24. The number of allylic oxidation sites excluding steroid dienone is 2. The van der Waals surface area contributed by atoms with E-state index in [1.165, 1.54) is 186 Å². The van der Waals surface area contributed by atoms with Gasteiger partial charge in [-0.05, 0) is 38.5 Å². The predicted octanol–water partition coefficient (Wildman–Crippen LogP) is 13.0. The number of carbonyl (C=O) groups excluding carboxylic acids is 2. The Labute approximate surface area is 409 Å². The highest BCUT2D eigenvalue weighted by Gasteiger charge is 2.46. The zero-order valence-electron chi connectivity index (χ0n) is 42.8. The topological polar surface area (TPSA) is 186 Å². The van der Waals surface area contributed by atoms with Gasteiger partial charge >= 0.3 is 11.9 Å². The zero-order chi connectivity index (χ0) is 49.1. The van der Waals surface area contributed by atoms with E-state index in [-0.39, 0.29) is 19.4 Å². The van der Waals surface area contributed by atoms with Crippen molar-refractivity contribution in [1.29, 1.82) is 0 Å². The largest absolute Gasteiger partial charge is 0.462 e. The molecule has 1 rings (SSSR count). The molecule has 1 saturated heterocycles. The molecule has 0 spiro atoms. The molecule has 0 aromatic rings. The van der Waals surface area contributed by atoms with Crippen molar-refractivity contribution in [2.24, 2.45) is 0 Å². The molecule has 0 amide bonds. The Morgan fingerprint density at radius 1 is 0.493 bits per heavy atom. The molecule has 0 aromatic heterocycles. The summed E-state index contributed by atoms with van der Waals surface area (Å²) < 4.78 is 54.3. The van der Waals surface area contributed by atoms with Gasteiger partial charge < -0.3 is 34.3 Å². The number of aliphatic hydroxyl groups excluding tert-OH is 3. The van der Waals surface area contributed by atoms with Gasteiger partial charge in [0.15, 0.2) is 12.4 Å². The minimum atomic E-state index is -4.60. The van der Waals surface area contributed by atoms with E-state index in [0.717, 1.165) is 38.5 Å². The molecular formula is C54H102O12S. The number of rotatable bonds is 48. The summed E-state index contributed by atoms with van der Waals surface area (Å²) in [5.41, 5.74) is 0. The minimum absolute atomic E-state index is 0.167. The smallest absolute Gasteiger partial charge is 0.306 e. The second-order valence-corrected chi connectivity index (χ2v) is 21.1. The van der Waals surface area contributed by atoms with Crippen molar-refractivity contribution < 1.29 is 56.8 Å². The van der Waals surface area contributed by atoms with Gasteiger partial charge in [0.1, 0.15) is 36.8 Å². The van der Waals surface area contributed by atoms with Crippen molar-refractivity contribution in [1.82, 2.24) is 0 Å². The molecule has 6 unspecified atom stereocenters. The summed E-state index contributed by atoms with van der Waals surface area (Å²) in [6, 6.07) is 0. The molecule has 6 atom stereocenters. The first-order valence-electron chi connectivity index (χ1n) is 27.7. The van der Waals surface area contributed by atoms with Gasteiger partial charge in [-0.25, -0.2) is 0 Å². The van der Waals surface area contributed by atoms with Crippen LogP contribution in [0.3, 0.4) is 0 Å². The standard InChI is InChI=1S/C54H102O12S/c1-3-5-7-9-11-13-15-17-19-21-23-24-25-27-29-31-33-35-37-39-41-43-50(56)65-47(45-64-54-53(59)52(58)51(57)48(66-54)46-67(60,61)62)44-63-49(55)42-40-38-36-34-32-30-28-26-22-20-18-16-14-12-10-8-6-4-2/h21,23,47-48,51-54,57-59H,3-20,22,24-46H2,1-2H3,(H,60,61,62)/b23-21-. The molecule has 0 radical (unpaired) electrons. The molecule has 67 heavy (non-hydrogen) atoms. The van der Waals surface area contributed by atoms with Gasteiger partial charge in [0.05, 0.1) is 6.61 Å². The monoisotopic (exact) mass is 975 g/mol. The fourth-order valence-corrected chi connectivity index (χ4v) is 9.48. The molecule has 1 aliphatic heterocycles. The van der Waals surface area contributed by atoms with Gasteiger partial charge in [0, 0.05) is 12.8 Å². The number of ether oxygens (including phenoxy) is 4. The predicted molar refractivity (Wildman–Crippen MR) is 270 cm³/mol. The van der Waals surface area contributed by atoms with Crippen LogP contribution in [0.5, 0.6) is 0 Å². The van der Waals surface area contributed by atoms with Crippen molar-refractivity contribution in [3.05, 3.63) is 12.2 Å². The summed E-state index contributed by atoms with van der Waals surface area (Å²) >= 11 is 0. The lowest BCUT2D eigenvalue weighted by Crippen LogP contribution is -2.60. The second-order valence-electron chi connectivity index (χ2n) is 19.6. The maximum absolute atomic E-state index is 12.9. The molecule has 0 aliphatic carbocycles. The maximum Gasteiger partial charge on any atom is 0.306 e. The normalized spacial score (nSPS) is 19.3. The Kier molecular flexibility index (Phi) is 42.0. The Morgan fingerprint density at radius 2 is 0.851 bits per heavy atom. The van der Waals surface area contributed by atoms with E-state index in [9.17, 15) is 37.9 Å². The molecule has 1 aliphatic rings. The van der Waals surface area contributed by atoms with Crippen LogP contribution in [0.1, 0.15) is 264 Å². The summed E-state index contributed by atoms with van der Waals surface area (Å²) in [7, 11) is -4.60. The molecule has 1 fully saturated rings. The number of hydrogen-bond donors (Lipinski definition) is 4. The summed E-state index contributed by atoms with van der Waals surface area (Å²) in [5.74, 6) is -1.96. The van der Waals surface area contributed by atoms with Crippen LogP contribution in [-0.4, -0.2) is 96.0 Å². The molecule has 13 heteroatoms. The third-order valence-corrected chi connectivity index (χ3v) is 13.8. The van der Waals surface area contributed by atoms with Crippen molar-refractivity contribution in [3.8, 4) is 0 Å². The van der Waals surface area contributed by atoms with Gasteiger partial charge in [0.2, 0.25) is 0 Å². The molecule has 396 valence electrons. The fourth-order valence-electron chi connectivity index (χ4n) is 8.79. The second kappa shape index (κ2) is 44.3. The third-order valence-electron chi connectivity index (χ3n) is 13.1. The lowest BCUT2D eigenvalue weighted by Gasteiger charge is -2.40. The SMILES string of the molecule is CCCCCCCCCC/C=C\CCCCCCCCCCCC(=O)OC(COC(=O)CCCCCCCCCCCCCCCCCCCC)COC1OC(CS(=O)(=O)O)C(O)C(O)C1O. The van der Waals surface area contributed by atoms with Crippen molar-refractivity contribution in [2.45, 2.75) is 301 Å². The lowest BCUT2D eigenvalue weighted by molar-refractivity contribution is -0.297. The van der Waals surface area contributed by atoms with Crippen LogP contribution in [0, 0.1) is 0 Å². The third kappa shape index (κ3) is 38.8. The quantitative estimate of drug-likeness (QED) is 0.0196. The first-order valence-corrected chi connectivity index (χ1v) is 29.4. The highest BCUT2D eigenvalue weighted by atomic mass is 32.2. The summed E-state index contributed by atoms with van der Waals surface area (Å²) in [4.78, 5) is 25.6. The van der Waals surface area contributed by atoms with Gasteiger partial charge in [-0.15, -0.1) is 0 Å². The van der Waals surface area contributed by atoms with Crippen LogP contribution in [-0.2, 0) is 38.7 Å². The van der Waals surface area contributed by atoms with Gasteiger partial charge in [-0.3, -0.25) is 14.1 Å². The van der Waals surface area contributed by atoms with Crippen molar-refractivity contribution in [2.75, 3.05) is 19.0 Å². The van der Waals surface area contributed by atoms with Gasteiger partial charge in [-0.2, -0.15) is 8.42 Å². The van der Waals surface area contributed by atoms with Crippen LogP contribution >= 0.6 is 0 Å². The minimum Gasteiger partial charge on any atom is -0.462 e. The Bertz CT molecular complexity index is 1280. The molecule has 0 aromatic carbocycles. The number of hydrogen-bond acceptors (Lipinski definition) is 11. The molecule has 1 heterocycles. The average Bonchev–Trinajstić information content (AvgIpc) is 3.30. The zero-order valence-corrected chi connectivity index (χ0v) is 43.6.